The molecule has 18 heavy (non-hydrogen) atoms. The minimum absolute atomic E-state index is 0.261. The molecular formula is C14H10N2O2. The number of fused-ring (bicyclic) bond motifs is 1. The summed E-state index contributed by atoms with van der Waals surface area (Å²) in [7, 11) is 0. The van der Waals surface area contributed by atoms with E-state index in [9.17, 15) is 9.90 Å². The van der Waals surface area contributed by atoms with Crippen LogP contribution in [0.4, 0.5) is 0 Å². The third-order valence-electron chi connectivity index (χ3n) is 2.76. The average Bonchev–Trinajstić information content (AvgIpc) is 2.39. The molecule has 0 radical (unpaired) electrons. The molecule has 3 aromatic rings. The lowest BCUT2D eigenvalue weighted by Gasteiger charge is -2.06. The van der Waals surface area contributed by atoms with E-state index < -0.39 is 0 Å². The first-order valence-corrected chi connectivity index (χ1v) is 5.52. The first-order valence-electron chi connectivity index (χ1n) is 5.52. The minimum Gasteiger partial charge on any atom is -0.493 e. The predicted molar refractivity (Wildman–Crippen MR) is 68.6 cm³/mol. The number of rotatable bonds is 1. The van der Waals surface area contributed by atoms with Gasteiger partial charge < -0.3 is 5.11 Å². The fourth-order valence-corrected chi connectivity index (χ4v) is 1.96. The molecule has 2 heterocycles. The highest BCUT2D eigenvalue weighted by Crippen LogP contribution is 2.22. The maximum absolute atomic E-state index is 11.7. The maximum Gasteiger partial charge on any atom is 0.261 e. The Hall–Kier alpha value is -2.62. The van der Waals surface area contributed by atoms with Gasteiger partial charge >= 0.3 is 0 Å². The average molecular weight is 238 g/mol. The van der Waals surface area contributed by atoms with Gasteiger partial charge in [0.2, 0.25) is 5.88 Å². The maximum atomic E-state index is 11.7. The Morgan fingerprint density at radius 3 is 2.61 bits per heavy atom. The van der Waals surface area contributed by atoms with Crippen LogP contribution >= 0.6 is 0 Å². The van der Waals surface area contributed by atoms with Crippen LogP contribution in [0.1, 0.15) is 0 Å². The summed E-state index contributed by atoms with van der Waals surface area (Å²) >= 11 is 0. The Balaban J connectivity index is 2.41. The van der Waals surface area contributed by atoms with Gasteiger partial charge in [0, 0.05) is 11.8 Å². The Labute approximate surface area is 103 Å². The summed E-state index contributed by atoms with van der Waals surface area (Å²) in [6.45, 7) is 0. The monoisotopic (exact) mass is 238 g/mol. The van der Waals surface area contributed by atoms with E-state index in [1.54, 1.807) is 12.3 Å². The molecule has 0 spiro atoms. The van der Waals surface area contributed by atoms with Gasteiger partial charge in [0.05, 0.1) is 6.07 Å². The molecule has 1 N–H and O–H groups in total. The normalized spacial score (nSPS) is 10.7. The highest BCUT2D eigenvalue weighted by atomic mass is 16.3. The number of benzene rings is 1. The molecule has 88 valence electrons. The van der Waals surface area contributed by atoms with E-state index in [0.717, 1.165) is 17.2 Å². The van der Waals surface area contributed by atoms with Crippen LogP contribution in [-0.4, -0.2) is 14.5 Å². The van der Waals surface area contributed by atoms with Crippen LogP contribution in [0.25, 0.3) is 16.8 Å². The van der Waals surface area contributed by atoms with Gasteiger partial charge in [0.15, 0.2) is 5.65 Å². The fourth-order valence-electron chi connectivity index (χ4n) is 1.96. The lowest BCUT2D eigenvalue weighted by molar-refractivity contribution is 0.453. The van der Waals surface area contributed by atoms with Crippen molar-refractivity contribution in [1.82, 2.24) is 9.38 Å². The minimum atomic E-state index is -0.296. The van der Waals surface area contributed by atoms with Gasteiger partial charge in [0.25, 0.3) is 5.56 Å². The summed E-state index contributed by atoms with van der Waals surface area (Å²) in [6.07, 6.45) is 1.64. The van der Waals surface area contributed by atoms with Crippen molar-refractivity contribution >= 4 is 5.65 Å². The zero-order valence-corrected chi connectivity index (χ0v) is 9.45. The van der Waals surface area contributed by atoms with Gasteiger partial charge in [-0.3, -0.25) is 9.20 Å². The number of hydrogen-bond acceptors (Lipinski definition) is 3. The summed E-state index contributed by atoms with van der Waals surface area (Å²) in [5.74, 6) is -0.261. The number of aromatic nitrogens is 2. The molecule has 0 aliphatic rings. The van der Waals surface area contributed by atoms with Gasteiger partial charge in [-0.25, -0.2) is 0 Å². The van der Waals surface area contributed by atoms with E-state index in [2.05, 4.69) is 4.98 Å². The molecule has 4 nitrogen and oxygen atoms in total. The molecular weight excluding hydrogens is 228 g/mol. The summed E-state index contributed by atoms with van der Waals surface area (Å²) < 4.78 is 1.42. The fraction of sp³-hybridized carbons (Fsp3) is 0. The molecule has 0 atom stereocenters. The second kappa shape index (κ2) is 4.00. The van der Waals surface area contributed by atoms with E-state index in [1.165, 1.54) is 4.40 Å². The summed E-state index contributed by atoms with van der Waals surface area (Å²) in [5, 5.41) is 9.46. The second-order valence-electron chi connectivity index (χ2n) is 3.93. The van der Waals surface area contributed by atoms with Crippen LogP contribution in [0.2, 0.25) is 0 Å². The van der Waals surface area contributed by atoms with E-state index in [0.29, 0.717) is 5.65 Å². The smallest absolute Gasteiger partial charge is 0.261 e. The molecule has 0 aliphatic heterocycles. The van der Waals surface area contributed by atoms with Gasteiger partial charge in [-0.05, 0) is 17.7 Å². The predicted octanol–water partition coefficient (Wildman–Crippen LogP) is 2.07. The molecule has 3 rings (SSSR count). The largest absolute Gasteiger partial charge is 0.493 e. The van der Waals surface area contributed by atoms with Crippen molar-refractivity contribution in [3.63, 3.8) is 0 Å². The lowest BCUT2D eigenvalue weighted by atomic mass is 10.1. The number of nitrogens with zero attached hydrogens (tertiary/aromatic N) is 2. The third kappa shape index (κ3) is 1.64. The number of pyridine rings is 1. The second-order valence-corrected chi connectivity index (χ2v) is 3.93. The van der Waals surface area contributed by atoms with Crippen molar-refractivity contribution in [2.75, 3.05) is 0 Å². The van der Waals surface area contributed by atoms with Crippen molar-refractivity contribution in [2.24, 2.45) is 0 Å². The molecule has 4 heteroatoms. The molecule has 0 unspecified atom stereocenters. The van der Waals surface area contributed by atoms with Crippen molar-refractivity contribution in [3.05, 3.63) is 65.1 Å². The van der Waals surface area contributed by atoms with Crippen molar-refractivity contribution in [2.45, 2.75) is 0 Å². The van der Waals surface area contributed by atoms with E-state index >= 15 is 0 Å². The molecule has 0 saturated carbocycles. The van der Waals surface area contributed by atoms with Crippen LogP contribution < -0.4 is 5.56 Å². The molecule has 1 aromatic carbocycles. The lowest BCUT2D eigenvalue weighted by Crippen LogP contribution is -2.13. The Bertz CT molecular complexity index is 764. The quantitative estimate of drug-likeness (QED) is 0.706. The Morgan fingerprint density at radius 2 is 1.83 bits per heavy atom. The molecule has 0 bridgehead atoms. The van der Waals surface area contributed by atoms with Crippen LogP contribution in [0, 0.1) is 0 Å². The Kier molecular flexibility index (Phi) is 2.34. The molecule has 0 aliphatic carbocycles. The van der Waals surface area contributed by atoms with Gasteiger partial charge in [-0.1, -0.05) is 30.3 Å². The highest BCUT2D eigenvalue weighted by molar-refractivity contribution is 5.77. The molecule has 0 saturated heterocycles. The number of aromatic hydroxyl groups is 1. The zero-order chi connectivity index (χ0) is 12.5. The van der Waals surface area contributed by atoms with Gasteiger partial charge in [-0.2, -0.15) is 4.98 Å². The van der Waals surface area contributed by atoms with E-state index in [4.69, 9.17) is 0 Å². The molecule has 0 amide bonds. The van der Waals surface area contributed by atoms with Crippen LogP contribution in [-0.2, 0) is 0 Å². The van der Waals surface area contributed by atoms with Crippen molar-refractivity contribution in [1.29, 1.82) is 0 Å². The van der Waals surface area contributed by atoms with E-state index in [-0.39, 0.29) is 11.4 Å². The summed E-state index contributed by atoms with van der Waals surface area (Å²) in [6, 6.07) is 14.4. The van der Waals surface area contributed by atoms with Crippen LogP contribution in [0.15, 0.2) is 59.5 Å². The molecule has 2 aromatic heterocycles. The van der Waals surface area contributed by atoms with E-state index in [1.807, 2.05) is 36.4 Å². The van der Waals surface area contributed by atoms with Gasteiger partial charge in [-0.15, -0.1) is 0 Å². The first-order chi connectivity index (χ1) is 8.75. The summed E-state index contributed by atoms with van der Waals surface area (Å²) in [4.78, 5) is 15.8. The number of hydrogen-bond donors (Lipinski definition) is 1. The molecule has 0 fully saturated rings. The highest BCUT2D eigenvalue weighted by Gasteiger charge is 2.07. The standard InChI is InChI=1S/C14H10N2O2/c17-12-9-13(18)16-8-4-7-11(14(16)15-12)10-5-2-1-3-6-10/h1-9,17H. The third-order valence-corrected chi connectivity index (χ3v) is 2.76. The first kappa shape index (κ1) is 10.5. The Morgan fingerprint density at radius 1 is 1.06 bits per heavy atom. The van der Waals surface area contributed by atoms with Crippen LogP contribution in [0.5, 0.6) is 5.88 Å². The zero-order valence-electron chi connectivity index (χ0n) is 9.45. The van der Waals surface area contributed by atoms with Crippen LogP contribution in [0.3, 0.4) is 0 Å². The van der Waals surface area contributed by atoms with Crippen molar-refractivity contribution in [3.8, 4) is 17.0 Å². The SMILES string of the molecule is O=c1cc(O)nc2c(-c3ccccc3)cccn12. The van der Waals surface area contributed by atoms with Crippen molar-refractivity contribution < 1.29 is 5.11 Å². The van der Waals surface area contributed by atoms with Gasteiger partial charge in [0.1, 0.15) is 0 Å². The topological polar surface area (TPSA) is 54.6 Å². The summed E-state index contributed by atoms with van der Waals surface area (Å²) in [5.41, 5.74) is 1.92.